The van der Waals surface area contributed by atoms with Gasteiger partial charge in [0.2, 0.25) is 10.0 Å². The summed E-state index contributed by atoms with van der Waals surface area (Å²) in [4.78, 5) is 16.0. The first-order chi connectivity index (χ1) is 14.4. The van der Waals surface area contributed by atoms with Gasteiger partial charge in [0.15, 0.2) is 0 Å². The van der Waals surface area contributed by atoms with Crippen LogP contribution in [0.15, 0.2) is 58.2 Å². The highest BCUT2D eigenvalue weighted by molar-refractivity contribution is 7.89. The third-order valence-corrected chi connectivity index (χ3v) is 7.61. The second-order valence-corrected chi connectivity index (χ2v) is 9.78. The minimum absolute atomic E-state index is 0.00468. The average molecular weight is 427 g/mol. The van der Waals surface area contributed by atoms with Crippen LogP contribution in [0.4, 0.5) is 0 Å². The Morgan fingerprint density at radius 3 is 2.60 bits per heavy atom. The number of nitrogens with zero attached hydrogens (tertiary/aromatic N) is 1. The monoisotopic (exact) mass is 426 g/mol. The summed E-state index contributed by atoms with van der Waals surface area (Å²) >= 11 is 0. The van der Waals surface area contributed by atoms with E-state index in [1.165, 1.54) is 4.31 Å². The van der Waals surface area contributed by atoms with Crippen molar-refractivity contribution in [2.45, 2.75) is 44.2 Å². The molecule has 1 N–H and O–H groups in total. The van der Waals surface area contributed by atoms with E-state index in [1.807, 2.05) is 26.0 Å². The molecular formula is C23H26N2O4S. The van der Waals surface area contributed by atoms with E-state index in [9.17, 15) is 13.2 Å². The highest BCUT2D eigenvalue weighted by atomic mass is 32.2. The first-order valence-corrected chi connectivity index (χ1v) is 11.6. The van der Waals surface area contributed by atoms with Gasteiger partial charge in [-0.15, -0.1) is 0 Å². The fourth-order valence-electron chi connectivity index (χ4n) is 3.88. The van der Waals surface area contributed by atoms with Crippen molar-refractivity contribution >= 4 is 20.9 Å². The van der Waals surface area contributed by atoms with Crippen molar-refractivity contribution in [2.24, 2.45) is 0 Å². The molecule has 2 aromatic carbocycles. The Bertz CT molecular complexity index is 1210. The number of rotatable bonds is 6. The third kappa shape index (κ3) is 4.05. The van der Waals surface area contributed by atoms with Crippen molar-refractivity contribution in [3.63, 3.8) is 0 Å². The molecule has 6 nitrogen and oxygen atoms in total. The minimum Gasteiger partial charge on any atom is -0.377 e. The number of hydrogen-bond donors (Lipinski definition) is 1. The molecule has 1 aromatic heterocycles. The predicted octanol–water partition coefficient (Wildman–Crippen LogP) is 3.51. The molecule has 0 radical (unpaired) electrons. The fraction of sp³-hybridized carbons (Fsp3) is 0.348. The first-order valence-electron chi connectivity index (χ1n) is 10.1. The van der Waals surface area contributed by atoms with E-state index >= 15 is 0 Å². The van der Waals surface area contributed by atoms with E-state index in [0.717, 1.165) is 34.9 Å². The number of fused-ring (bicyclic) bond motifs is 1. The Morgan fingerprint density at radius 2 is 1.90 bits per heavy atom. The van der Waals surface area contributed by atoms with E-state index < -0.39 is 10.0 Å². The van der Waals surface area contributed by atoms with Crippen LogP contribution in [-0.4, -0.2) is 37.0 Å². The van der Waals surface area contributed by atoms with Crippen LogP contribution < -0.4 is 5.56 Å². The summed E-state index contributed by atoms with van der Waals surface area (Å²) in [6, 6.07) is 14.1. The molecule has 1 saturated heterocycles. The normalized spacial score (nSPS) is 17.1. The SMILES string of the molecule is Cc1ccc2cc(CN(CC3CCCO3)S(=O)(=O)c3ccccc3)c(=O)[nH]c2c1C. The first kappa shape index (κ1) is 20.8. The number of pyridine rings is 1. The zero-order valence-corrected chi connectivity index (χ0v) is 18.0. The summed E-state index contributed by atoms with van der Waals surface area (Å²) in [7, 11) is -3.77. The van der Waals surface area contributed by atoms with Gasteiger partial charge in [-0.1, -0.05) is 30.3 Å². The molecule has 7 heteroatoms. The summed E-state index contributed by atoms with van der Waals surface area (Å²) in [5, 5.41) is 0.891. The number of hydrogen-bond acceptors (Lipinski definition) is 4. The standard InChI is InChI=1S/C23H26N2O4S/c1-16-10-11-18-13-19(23(26)24-22(18)17(16)2)14-25(15-20-7-6-12-29-20)30(27,28)21-8-4-3-5-9-21/h3-5,8-11,13,20H,6-7,12,14-15H2,1-2H3,(H,24,26). The molecule has 1 aliphatic rings. The third-order valence-electron chi connectivity index (χ3n) is 5.79. The van der Waals surface area contributed by atoms with Crippen molar-refractivity contribution in [1.29, 1.82) is 0 Å². The van der Waals surface area contributed by atoms with Gasteiger partial charge in [0.25, 0.3) is 5.56 Å². The molecule has 2 heterocycles. The van der Waals surface area contributed by atoms with Gasteiger partial charge in [-0.3, -0.25) is 4.79 Å². The molecule has 1 fully saturated rings. The van der Waals surface area contributed by atoms with Crippen molar-refractivity contribution in [3.8, 4) is 0 Å². The van der Waals surface area contributed by atoms with E-state index in [4.69, 9.17) is 4.74 Å². The smallest absolute Gasteiger partial charge is 0.252 e. The molecule has 0 spiro atoms. The quantitative estimate of drug-likeness (QED) is 0.654. The van der Waals surface area contributed by atoms with Crippen molar-refractivity contribution in [2.75, 3.05) is 13.2 Å². The van der Waals surface area contributed by atoms with Crippen molar-refractivity contribution in [1.82, 2.24) is 9.29 Å². The van der Waals surface area contributed by atoms with E-state index in [0.29, 0.717) is 12.2 Å². The molecule has 1 unspecified atom stereocenters. The molecule has 3 aromatic rings. The number of benzene rings is 2. The second kappa shape index (κ2) is 8.34. The molecule has 1 atom stereocenters. The van der Waals surface area contributed by atoms with Crippen LogP contribution in [0.1, 0.15) is 29.5 Å². The topological polar surface area (TPSA) is 79.5 Å². The van der Waals surface area contributed by atoms with Gasteiger partial charge >= 0.3 is 0 Å². The van der Waals surface area contributed by atoms with Gasteiger partial charge in [0.05, 0.1) is 16.5 Å². The highest BCUT2D eigenvalue weighted by Crippen LogP contribution is 2.23. The van der Waals surface area contributed by atoms with Gasteiger partial charge in [0, 0.05) is 25.3 Å². The Hall–Kier alpha value is -2.48. The number of H-pyrrole nitrogens is 1. The fourth-order valence-corrected chi connectivity index (χ4v) is 5.35. The number of aromatic amines is 1. The Labute approximate surface area is 176 Å². The van der Waals surface area contributed by atoms with E-state index in [2.05, 4.69) is 4.98 Å². The number of aromatic nitrogens is 1. The summed E-state index contributed by atoms with van der Waals surface area (Å²) in [6.07, 6.45) is 1.57. The van der Waals surface area contributed by atoms with Crippen LogP contribution in [0.2, 0.25) is 0 Å². The molecule has 4 rings (SSSR count). The molecule has 0 aliphatic carbocycles. The molecular weight excluding hydrogens is 400 g/mol. The van der Waals surface area contributed by atoms with Gasteiger partial charge in [-0.25, -0.2) is 8.42 Å². The summed E-state index contributed by atoms with van der Waals surface area (Å²) in [5.41, 5.74) is 3.06. The lowest BCUT2D eigenvalue weighted by Crippen LogP contribution is -2.38. The lowest BCUT2D eigenvalue weighted by molar-refractivity contribution is 0.0925. The van der Waals surface area contributed by atoms with Crippen LogP contribution in [0.5, 0.6) is 0 Å². The molecule has 30 heavy (non-hydrogen) atoms. The molecule has 1 aliphatic heterocycles. The van der Waals surface area contributed by atoms with Gasteiger partial charge in [-0.2, -0.15) is 4.31 Å². The average Bonchev–Trinajstić information content (AvgIpc) is 3.25. The Kier molecular flexibility index (Phi) is 5.77. The summed E-state index contributed by atoms with van der Waals surface area (Å²) in [5.74, 6) is 0. The van der Waals surface area contributed by atoms with Crippen LogP contribution in [0.25, 0.3) is 10.9 Å². The molecule has 0 amide bonds. The second-order valence-electron chi connectivity index (χ2n) is 7.84. The van der Waals surface area contributed by atoms with E-state index in [1.54, 1.807) is 36.4 Å². The van der Waals surface area contributed by atoms with Crippen LogP contribution in [0, 0.1) is 13.8 Å². The lowest BCUT2D eigenvalue weighted by Gasteiger charge is -2.25. The number of aryl methyl sites for hydroxylation is 2. The van der Waals surface area contributed by atoms with Crippen LogP contribution >= 0.6 is 0 Å². The number of ether oxygens (including phenoxy) is 1. The zero-order valence-electron chi connectivity index (χ0n) is 17.2. The summed E-state index contributed by atoms with van der Waals surface area (Å²) in [6.45, 7) is 4.82. The van der Waals surface area contributed by atoms with Crippen molar-refractivity contribution in [3.05, 3.63) is 75.6 Å². The molecule has 0 bridgehead atoms. The number of nitrogens with one attached hydrogen (secondary N) is 1. The van der Waals surface area contributed by atoms with Crippen LogP contribution in [-0.2, 0) is 21.3 Å². The van der Waals surface area contributed by atoms with Gasteiger partial charge in [0.1, 0.15) is 0 Å². The largest absolute Gasteiger partial charge is 0.377 e. The maximum atomic E-state index is 13.4. The Morgan fingerprint density at radius 1 is 1.13 bits per heavy atom. The van der Waals surface area contributed by atoms with Gasteiger partial charge < -0.3 is 9.72 Å². The maximum Gasteiger partial charge on any atom is 0.252 e. The highest BCUT2D eigenvalue weighted by Gasteiger charge is 2.30. The van der Waals surface area contributed by atoms with Gasteiger partial charge in [-0.05, 0) is 61.4 Å². The molecule has 0 saturated carbocycles. The zero-order chi connectivity index (χ0) is 21.3. The van der Waals surface area contributed by atoms with Crippen LogP contribution in [0.3, 0.4) is 0 Å². The summed E-state index contributed by atoms with van der Waals surface area (Å²) < 4.78 is 33.8. The minimum atomic E-state index is -3.77. The van der Waals surface area contributed by atoms with E-state index in [-0.39, 0.29) is 29.6 Å². The maximum absolute atomic E-state index is 13.4. The molecule has 158 valence electrons. The predicted molar refractivity (Wildman–Crippen MR) is 117 cm³/mol. The lowest BCUT2D eigenvalue weighted by atomic mass is 10.0. The van der Waals surface area contributed by atoms with Crippen molar-refractivity contribution < 1.29 is 13.2 Å². The number of sulfonamides is 1. The Balaban J connectivity index is 1.74.